The Hall–Kier alpha value is -1.86. The van der Waals surface area contributed by atoms with Crippen molar-refractivity contribution in [3.63, 3.8) is 0 Å². The number of hydrogen-bond donors (Lipinski definition) is 1. The number of rotatable bonds is 3. The second-order valence-corrected chi connectivity index (χ2v) is 5.50. The lowest BCUT2D eigenvalue weighted by Crippen LogP contribution is -2.43. The van der Waals surface area contributed by atoms with E-state index < -0.39 is 0 Å². The molecule has 1 heterocycles. The molecule has 1 N–H and O–H groups in total. The Morgan fingerprint density at radius 3 is 2.70 bits per heavy atom. The molecule has 106 valence electrons. The molecule has 1 saturated heterocycles. The SMILES string of the molecule is CC(=O)NC1CCN(Cc2ccc(C#N)cc2C)CC1. The molecule has 2 rings (SSSR count). The molecule has 1 aromatic carbocycles. The third-order valence-corrected chi connectivity index (χ3v) is 3.86. The van der Waals surface area contributed by atoms with Crippen molar-refractivity contribution < 1.29 is 4.79 Å². The predicted octanol–water partition coefficient (Wildman–Crippen LogP) is 1.97. The molecule has 1 aromatic rings. The molecule has 0 unspecified atom stereocenters. The van der Waals surface area contributed by atoms with Gasteiger partial charge in [-0.25, -0.2) is 0 Å². The van der Waals surface area contributed by atoms with Crippen molar-refractivity contribution in [2.45, 2.75) is 39.3 Å². The van der Waals surface area contributed by atoms with Gasteiger partial charge in [0.05, 0.1) is 11.6 Å². The van der Waals surface area contributed by atoms with E-state index in [1.54, 1.807) is 6.92 Å². The van der Waals surface area contributed by atoms with Crippen molar-refractivity contribution in [2.24, 2.45) is 0 Å². The summed E-state index contributed by atoms with van der Waals surface area (Å²) in [4.78, 5) is 13.4. The minimum Gasteiger partial charge on any atom is -0.354 e. The first-order valence-electron chi connectivity index (χ1n) is 7.07. The number of piperidine rings is 1. The zero-order valence-corrected chi connectivity index (χ0v) is 12.1. The number of nitrogens with one attached hydrogen (secondary N) is 1. The number of benzene rings is 1. The van der Waals surface area contributed by atoms with Gasteiger partial charge in [-0.3, -0.25) is 9.69 Å². The molecule has 1 amide bonds. The molecular weight excluding hydrogens is 250 g/mol. The first-order valence-corrected chi connectivity index (χ1v) is 7.07. The number of nitriles is 1. The largest absolute Gasteiger partial charge is 0.354 e. The summed E-state index contributed by atoms with van der Waals surface area (Å²) in [6, 6.07) is 8.37. The normalized spacial score (nSPS) is 16.6. The summed E-state index contributed by atoms with van der Waals surface area (Å²) in [5, 5.41) is 11.9. The van der Waals surface area contributed by atoms with E-state index in [-0.39, 0.29) is 5.91 Å². The van der Waals surface area contributed by atoms with Gasteiger partial charge in [0.25, 0.3) is 0 Å². The van der Waals surface area contributed by atoms with Crippen molar-refractivity contribution in [1.82, 2.24) is 10.2 Å². The summed E-state index contributed by atoms with van der Waals surface area (Å²) >= 11 is 0. The van der Waals surface area contributed by atoms with Gasteiger partial charge < -0.3 is 5.32 Å². The first-order chi connectivity index (χ1) is 9.58. The Morgan fingerprint density at radius 2 is 2.15 bits per heavy atom. The van der Waals surface area contributed by atoms with Gasteiger partial charge in [-0.15, -0.1) is 0 Å². The molecule has 0 aliphatic carbocycles. The summed E-state index contributed by atoms with van der Waals surface area (Å²) in [6.45, 7) is 6.56. The quantitative estimate of drug-likeness (QED) is 0.914. The molecule has 0 bridgehead atoms. The van der Waals surface area contributed by atoms with E-state index in [2.05, 4.69) is 23.2 Å². The highest BCUT2D eigenvalue weighted by molar-refractivity contribution is 5.73. The van der Waals surface area contributed by atoms with Crippen molar-refractivity contribution in [1.29, 1.82) is 5.26 Å². The maximum Gasteiger partial charge on any atom is 0.217 e. The number of carbonyl (C=O) groups excluding carboxylic acids is 1. The van der Waals surface area contributed by atoms with Crippen LogP contribution in [0, 0.1) is 18.3 Å². The summed E-state index contributed by atoms with van der Waals surface area (Å²) in [7, 11) is 0. The van der Waals surface area contributed by atoms with Gasteiger partial charge in [0, 0.05) is 32.6 Å². The maximum absolute atomic E-state index is 11.0. The van der Waals surface area contributed by atoms with Crippen molar-refractivity contribution in [3.05, 3.63) is 34.9 Å². The fourth-order valence-electron chi connectivity index (χ4n) is 2.71. The van der Waals surface area contributed by atoms with Crippen LogP contribution in [0.4, 0.5) is 0 Å². The van der Waals surface area contributed by atoms with Crippen LogP contribution in [0.1, 0.15) is 36.5 Å². The molecule has 1 aliphatic rings. The standard InChI is InChI=1S/C16H21N3O/c1-12-9-14(10-17)3-4-15(12)11-19-7-5-16(6-8-19)18-13(2)20/h3-4,9,16H,5-8,11H2,1-2H3,(H,18,20). The van der Waals surface area contributed by atoms with Crippen LogP contribution < -0.4 is 5.32 Å². The molecule has 1 fully saturated rings. The van der Waals surface area contributed by atoms with Gasteiger partial charge >= 0.3 is 0 Å². The Kier molecular flexibility index (Phi) is 4.75. The summed E-state index contributed by atoms with van der Waals surface area (Å²) in [5.74, 6) is 0.0615. The molecule has 0 spiro atoms. The molecule has 1 aliphatic heterocycles. The topological polar surface area (TPSA) is 56.1 Å². The fourth-order valence-corrected chi connectivity index (χ4v) is 2.71. The molecular formula is C16H21N3O. The van der Waals surface area contributed by atoms with E-state index in [4.69, 9.17) is 5.26 Å². The highest BCUT2D eigenvalue weighted by atomic mass is 16.1. The smallest absolute Gasteiger partial charge is 0.217 e. The number of aryl methyl sites for hydroxylation is 1. The first kappa shape index (κ1) is 14.5. The number of hydrogen-bond acceptors (Lipinski definition) is 3. The Bertz CT molecular complexity index is 525. The van der Waals surface area contributed by atoms with Crippen LogP contribution in [-0.4, -0.2) is 29.9 Å². The van der Waals surface area contributed by atoms with Gasteiger partial charge in [0.1, 0.15) is 0 Å². The monoisotopic (exact) mass is 271 g/mol. The van der Waals surface area contributed by atoms with E-state index in [0.29, 0.717) is 6.04 Å². The van der Waals surface area contributed by atoms with Gasteiger partial charge in [-0.05, 0) is 43.0 Å². The van der Waals surface area contributed by atoms with Crippen LogP contribution in [0.5, 0.6) is 0 Å². The van der Waals surface area contributed by atoms with E-state index in [9.17, 15) is 4.79 Å². The lowest BCUT2D eigenvalue weighted by Gasteiger charge is -2.32. The number of likely N-dealkylation sites (tertiary alicyclic amines) is 1. The van der Waals surface area contributed by atoms with Crippen LogP contribution in [0.15, 0.2) is 18.2 Å². The maximum atomic E-state index is 11.0. The van der Waals surface area contributed by atoms with Crippen LogP contribution in [0.25, 0.3) is 0 Å². The van der Waals surface area contributed by atoms with Crippen LogP contribution in [0.2, 0.25) is 0 Å². The average Bonchev–Trinajstić information content (AvgIpc) is 2.42. The zero-order chi connectivity index (χ0) is 14.5. The van der Waals surface area contributed by atoms with Crippen molar-refractivity contribution in [2.75, 3.05) is 13.1 Å². The van der Waals surface area contributed by atoms with E-state index in [1.807, 2.05) is 18.2 Å². The molecule has 0 aromatic heterocycles. The van der Waals surface area contributed by atoms with Crippen LogP contribution in [0.3, 0.4) is 0 Å². The Balaban J connectivity index is 1.90. The van der Waals surface area contributed by atoms with Gasteiger partial charge in [0.2, 0.25) is 5.91 Å². The Labute approximate surface area is 120 Å². The second kappa shape index (κ2) is 6.53. The third kappa shape index (κ3) is 3.82. The molecule has 0 radical (unpaired) electrons. The highest BCUT2D eigenvalue weighted by Crippen LogP contribution is 2.17. The van der Waals surface area contributed by atoms with Gasteiger partial charge in [-0.1, -0.05) is 6.07 Å². The van der Waals surface area contributed by atoms with Crippen molar-refractivity contribution >= 4 is 5.91 Å². The minimum absolute atomic E-state index is 0.0615. The van der Waals surface area contributed by atoms with Crippen LogP contribution >= 0.6 is 0 Å². The van der Waals surface area contributed by atoms with E-state index >= 15 is 0 Å². The molecule has 20 heavy (non-hydrogen) atoms. The second-order valence-electron chi connectivity index (χ2n) is 5.50. The molecule has 0 saturated carbocycles. The lowest BCUT2D eigenvalue weighted by molar-refractivity contribution is -0.119. The van der Waals surface area contributed by atoms with E-state index in [0.717, 1.165) is 38.0 Å². The van der Waals surface area contributed by atoms with Gasteiger partial charge in [0.15, 0.2) is 0 Å². The van der Waals surface area contributed by atoms with Crippen LogP contribution in [-0.2, 0) is 11.3 Å². The minimum atomic E-state index is 0.0615. The van der Waals surface area contributed by atoms with Crippen molar-refractivity contribution in [3.8, 4) is 6.07 Å². The number of nitrogens with zero attached hydrogens (tertiary/aromatic N) is 2. The molecule has 4 nitrogen and oxygen atoms in total. The predicted molar refractivity (Wildman–Crippen MR) is 78.0 cm³/mol. The third-order valence-electron chi connectivity index (χ3n) is 3.86. The lowest BCUT2D eigenvalue weighted by atomic mass is 10.0. The number of carbonyl (C=O) groups is 1. The summed E-state index contributed by atoms with van der Waals surface area (Å²) in [6.07, 6.45) is 2.02. The fraction of sp³-hybridized carbons (Fsp3) is 0.500. The average molecular weight is 271 g/mol. The summed E-state index contributed by atoms with van der Waals surface area (Å²) in [5.41, 5.74) is 3.17. The molecule has 0 atom stereocenters. The number of amides is 1. The zero-order valence-electron chi connectivity index (χ0n) is 12.1. The van der Waals surface area contributed by atoms with Gasteiger partial charge in [-0.2, -0.15) is 5.26 Å². The highest BCUT2D eigenvalue weighted by Gasteiger charge is 2.19. The molecule has 4 heteroatoms. The Morgan fingerprint density at radius 1 is 1.45 bits per heavy atom. The summed E-state index contributed by atoms with van der Waals surface area (Å²) < 4.78 is 0. The van der Waals surface area contributed by atoms with E-state index in [1.165, 1.54) is 11.1 Å².